The fourth-order valence-electron chi connectivity index (χ4n) is 1.71. The van der Waals surface area contributed by atoms with E-state index in [4.69, 9.17) is 9.52 Å². The van der Waals surface area contributed by atoms with Gasteiger partial charge in [0.1, 0.15) is 11.5 Å². The summed E-state index contributed by atoms with van der Waals surface area (Å²) in [7, 11) is -3.75. The first-order valence-electron chi connectivity index (χ1n) is 5.81. The molecule has 1 aromatic carbocycles. The van der Waals surface area contributed by atoms with Crippen LogP contribution in [0, 0.1) is 6.92 Å². The summed E-state index contributed by atoms with van der Waals surface area (Å²) in [6.45, 7) is 1.60. The van der Waals surface area contributed by atoms with Crippen molar-refractivity contribution in [3.05, 3.63) is 41.8 Å². The number of benzene rings is 1. The standard InChI is InChI=1S/C13H13NO5S/c1-9-11(7-20(17,18)8-12(15)16)14-13(19-9)10-5-3-2-4-6-10/h2-6H,7-8H2,1H3,(H,15,16). The van der Waals surface area contributed by atoms with E-state index in [9.17, 15) is 13.2 Å². The summed E-state index contributed by atoms with van der Waals surface area (Å²) < 4.78 is 28.7. The molecule has 0 spiro atoms. The van der Waals surface area contributed by atoms with Crippen LogP contribution in [0.5, 0.6) is 0 Å². The van der Waals surface area contributed by atoms with Crippen molar-refractivity contribution < 1.29 is 22.7 Å². The Hall–Kier alpha value is -2.15. The third-order valence-electron chi connectivity index (χ3n) is 2.61. The predicted molar refractivity (Wildman–Crippen MR) is 71.8 cm³/mol. The van der Waals surface area contributed by atoms with Crippen molar-refractivity contribution in [2.45, 2.75) is 12.7 Å². The molecule has 0 bridgehead atoms. The molecule has 0 aliphatic carbocycles. The molecule has 1 aromatic heterocycles. The van der Waals surface area contributed by atoms with Gasteiger partial charge >= 0.3 is 5.97 Å². The summed E-state index contributed by atoms with van der Waals surface area (Å²) in [6.07, 6.45) is 0. The average Bonchev–Trinajstić information content (AvgIpc) is 2.69. The van der Waals surface area contributed by atoms with E-state index in [1.807, 2.05) is 18.2 Å². The van der Waals surface area contributed by atoms with Crippen LogP contribution >= 0.6 is 0 Å². The molecule has 2 rings (SSSR count). The summed E-state index contributed by atoms with van der Waals surface area (Å²) in [5.41, 5.74) is 0.975. The van der Waals surface area contributed by atoms with Gasteiger partial charge in [-0.05, 0) is 19.1 Å². The minimum atomic E-state index is -3.75. The van der Waals surface area contributed by atoms with Gasteiger partial charge in [-0.2, -0.15) is 0 Å². The van der Waals surface area contributed by atoms with Gasteiger partial charge in [-0.25, -0.2) is 13.4 Å². The van der Waals surface area contributed by atoms with Crippen LogP contribution in [0.15, 0.2) is 34.7 Å². The van der Waals surface area contributed by atoms with Gasteiger partial charge in [-0.3, -0.25) is 4.79 Å². The number of aliphatic carboxylic acids is 1. The van der Waals surface area contributed by atoms with E-state index in [1.165, 1.54) is 0 Å². The smallest absolute Gasteiger partial charge is 0.318 e. The van der Waals surface area contributed by atoms with Gasteiger partial charge in [-0.1, -0.05) is 18.2 Å². The van der Waals surface area contributed by atoms with Crippen LogP contribution < -0.4 is 0 Å². The van der Waals surface area contributed by atoms with Gasteiger partial charge in [0.2, 0.25) is 5.89 Å². The zero-order valence-electron chi connectivity index (χ0n) is 10.7. The Kier molecular flexibility index (Phi) is 3.89. The van der Waals surface area contributed by atoms with Crippen molar-refractivity contribution in [1.82, 2.24) is 4.98 Å². The van der Waals surface area contributed by atoms with Crippen LogP contribution in [0.1, 0.15) is 11.5 Å². The Morgan fingerprint density at radius 1 is 1.30 bits per heavy atom. The van der Waals surface area contributed by atoms with Crippen LogP contribution in [-0.4, -0.2) is 30.2 Å². The summed E-state index contributed by atoms with van der Waals surface area (Å²) in [5.74, 6) is -2.04. The zero-order chi connectivity index (χ0) is 14.8. The Morgan fingerprint density at radius 3 is 2.55 bits per heavy atom. The average molecular weight is 295 g/mol. The quantitative estimate of drug-likeness (QED) is 0.900. The summed E-state index contributed by atoms with van der Waals surface area (Å²) in [5, 5.41) is 8.56. The van der Waals surface area contributed by atoms with E-state index in [1.54, 1.807) is 19.1 Å². The third-order valence-corrected chi connectivity index (χ3v) is 4.01. The highest BCUT2D eigenvalue weighted by Crippen LogP contribution is 2.22. The lowest BCUT2D eigenvalue weighted by Crippen LogP contribution is -2.17. The van der Waals surface area contributed by atoms with Gasteiger partial charge in [0.15, 0.2) is 9.84 Å². The van der Waals surface area contributed by atoms with Crippen molar-refractivity contribution in [2.75, 3.05) is 5.75 Å². The van der Waals surface area contributed by atoms with Crippen LogP contribution in [0.2, 0.25) is 0 Å². The molecule has 20 heavy (non-hydrogen) atoms. The molecule has 7 heteroatoms. The molecule has 0 saturated carbocycles. The number of carboxylic acid groups (broad SMARTS) is 1. The first kappa shape index (κ1) is 14.3. The minimum Gasteiger partial charge on any atom is -0.480 e. The second-order valence-corrected chi connectivity index (χ2v) is 6.38. The molecule has 0 unspecified atom stereocenters. The van der Waals surface area contributed by atoms with Crippen LogP contribution in [0.4, 0.5) is 0 Å². The van der Waals surface area contributed by atoms with Crippen LogP contribution in [-0.2, 0) is 20.4 Å². The molecule has 2 aromatic rings. The number of hydrogen-bond acceptors (Lipinski definition) is 5. The molecule has 0 aliphatic rings. The Labute approximate surface area is 116 Å². The highest BCUT2D eigenvalue weighted by atomic mass is 32.2. The Balaban J connectivity index is 2.27. The normalized spacial score (nSPS) is 11.4. The van der Waals surface area contributed by atoms with Crippen molar-refractivity contribution in [3.8, 4) is 11.5 Å². The van der Waals surface area contributed by atoms with Gasteiger partial charge in [0.05, 0.1) is 11.4 Å². The first-order valence-corrected chi connectivity index (χ1v) is 7.63. The second-order valence-electron chi connectivity index (χ2n) is 4.31. The minimum absolute atomic E-state index is 0.241. The van der Waals surface area contributed by atoms with E-state index in [2.05, 4.69) is 4.98 Å². The van der Waals surface area contributed by atoms with Crippen molar-refractivity contribution in [2.24, 2.45) is 0 Å². The van der Waals surface area contributed by atoms with Crippen LogP contribution in [0.25, 0.3) is 11.5 Å². The summed E-state index contributed by atoms with van der Waals surface area (Å²) >= 11 is 0. The molecule has 1 N–H and O–H groups in total. The van der Waals surface area contributed by atoms with E-state index in [0.717, 1.165) is 5.56 Å². The Morgan fingerprint density at radius 2 is 1.95 bits per heavy atom. The number of oxazole rings is 1. The monoisotopic (exact) mass is 295 g/mol. The third kappa shape index (κ3) is 3.45. The van der Waals surface area contributed by atoms with E-state index >= 15 is 0 Å². The van der Waals surface area contributed by atoms with Gasteiger partial charge in [0.25, 0.3) is 0 Å². The number of carbonyl (C=O) groups is 1. The fraction of sp³-hybridized carbons (Fsp3) is 0.231. The number of aryl methyl sites for hydroxylation is 1. The molecule has 1 heterocycles. The molecule has 0 radical (unpaired) electrons. The lowest BCUT2D eigenvalue weighted by molar-refractivity contribution is -0.134. The van der Waals surface area contributed by atoms with Gasteiger partial charge < -0.3 is 9.52 Å². The largest absolute Gasteiger partial charge is 0.480 e. The number of aromatic nitrogens is 1. The SMILES string of the molecule is Cc1oc(-c2ccccc2)nc1CS(=O)(=O)CC(=O)O. The predicted octanol–water partition coefficient (Wildman–Crippen LogP) is 1.65. The zero-order valence-corrected chi connectivity index (χ0v) is 11.6. The summed E-state index contributed by atoms with van der Waals surface area (Å²) in [4.78, 5) is 14.6. The highest BCUT2D eigenvalue weighted by molar-refractivity contribution is 7.91. The molecule has 106 valence electrons. The molecule has 0 saturated heterocycles. The van der Waals surface area contributed by atoms with Crippen molar-refractivity contribution >= 4 is 15.8 Å². The maximum Gasteiger partial charge on any atom is 0.318 e. The van der Waals surface area contributed by atoms with Crippen molar-refractivity contribution in [3.63, 3.8) is 0 Å². The van der Waals surface area contributed by atoms with E-state index in [-0.39, 0.29) is 5.69 Å². The summed E-state index contributed by atoms with van der Waals surface area (Å²) in [6, 6.07) is 9.06. The molecular formula is C13H13NO5S. The van der Waals surface area contributed by atoms with Crippen LogP contribution in [0.3, 0.4) is 0 Å². The second kappa shape index (κ2) is 5.46. The lowest BCUT2D eigenvalue weighted by Gasteiger charge is -1.98. The number of carboxylic acids is 1. The van der Waals surface area contributed by atoms with Gasteiger partial charge in [-0.15, -0.1) is 0 Å². The highest BCUT2D eigenvalue weighted by Gasteiger charge is 2.21. The number of sulfone groups is 1. The first-order chi connectivity index (χ1) is 9.37. The topological polar surface area (TPSA) is 97.5 Å². The van der Waals surface area contributed by atoms with E-state index in [0.29, 0.717) is 11.7 Å². The fourth-order valence-corrected chi connectivity index (χ4v) is 2.88. The molecular weight excluding hydrogens is 282 g/mol. The molecule has 0 fully saturated rings. The molecule has 0 amide bonds. The number of hydrogen-bond donors (Lipinski definition) is 1. The molecule has 6 nitrogen and oxygen atoms in total. The maximum atomic E-state index is 11.6. The lowest BCUT2D eigenvalue weighted by atomic mass is 10.2. The number of nitrogens with zero attached hydrogens (tertiary/aromatic N) is 1. The van der Waals surface area contributed by atoms with E-state index < -0.39 is 27.3 Å². The van der Waals surface area contributed by atoms with Crippen molar-refractivity contribution in [1.29, 1.82) is 0 Å². The molecule has 0 aliphatic heterocycles. The molecule has 0 atom stereocenters. The maximum absolute atomic E-state index is 11.6. The Bertz CT molecular complexity index is 718. The number of rotatable bonds is 5. The van der Waals surface area contributed by atoms with Gasteiger partial charge in [0, 0.05) is 5.56 Å².